The highest BCUT2D eigenvalue weighted by molar-refractivity contribution is 5.94. The molecule has 1 aromatic rings. The molecule has 1 atom stereocenters. The minimum absolute atomic E-state index is 0.0199. The van der Waals surface area contributed by atoms with Crippen molar-refractivity contribution < 1.29 is 4.79 Å². The molecule has 0 bridgehead atoms. The summed E-state index contributed by atoms with van der Waals surface area (Å²) in [7, 11) is 0. The molecule has 106 valence electrons. The summed E-state index contributed by atoms with van der Waals surface area (Å²) in [6, 6.07) is 6.11. The second-order valence-electron chi connectivity index (χ2n) is 5.24. The number of rotatable bonds is 6. The molecule has 3 nitrogen and oxygen atoms in total. The Morgan fingerprint density at radius 3 is 2.16 bits per heavy atom. The van der Waals surface area contributed by atoms with E-state index in [1.54, 1.807) is 0 Å². The summed E-state index contributed by atoms with van der Waals surface area (Å²) >= 11 is 0. The number of carbonyl (C=O) groups is 1. The van der Waals surface area contributed by atoms with Crippen LogP contribution in [0.25, 0.3) is 0 Å². The fraction of sp³-hybridized carbons (Fsp3) is 0.562. The first-order valence-electron chi connectivity index (χ1n) is 7.07. The molecule has 0 fully saturated rings. The van der Waals surface area contributed by atoms with Gasteiger partial charge in [0.05, 0.1) is 0 Å². The zero-order chi connectivity index (χ0) is 14.4. The minimum atomic E-state index is 0.0199. The van der Waals surface area contributed by atoms with Crippen LogP contribution in [0.3, 0.4) is 0 Å². The number of hydrogen-bond acceptors (Lipinski definition) is 2. The summed E-state index contributed by atoms with van der Waals surface area (Å²) < 4.78 is 0. The molecule has 0 heterocycles. The lowest BCUT2D eigenvalue weighted by Crippen LogP contribution is -2.41. The van der Waals surface area contributed by atoms with Gasteiger partial charge in [0.1, 0.15) is 0 Å². The number of hydrogen-bond donors (Lipinski definition) is 1. The molecule has 1 amide bonds. The van der Waals surface area contributed by atoms with Gasteiger partial charge in [-0.05, 0) is 46.0 Å². The molecule has 0 aliphatic heterocycles. The largest absolute Gasteiger partial charge is 0.348 e. The van der Waals surface area contributed by atoms with Crippen molar-refractivity contribution in [3.05, 3.63) is 34.9 Å². The van der Waals surface area contributed by atoms with E-state index in [0.29, 0.717) is 0 Å². The number of nitrogens with one attached hydrogen (secondary N) is 1. The number of aryl methyl sites for hydroxylation is 2. The van der Waals surface area contributed by atoms with Crippen molar-refractivity contribution in [1.82, 2.24) is 10.2 Å². The maximum absolute atomic E-state index is 12.2. The monoisotopic (exact) mass is 262 g/mol. The third kappa shape index (κ3) is 5.03. The Hall–Kier alpha value is -1.35. The van der Waals surface area contributed by atoms with Gasteiger partial charge in [0, 0.05) is 18.2 Å². The summed E-state index contributed by atoms with van der Waals surface area (Å²) in [5.74, 6) is 0.0199. The summed E-state index contributed by atoms with van der Waals surface area (Å²) in [5, 5.41) is 3.07. The van der Waals surface area contributed by atoms with Crippen LogP contribution in [0.15, 0.2) is 18.2 Å². The van der Waals surface area contributed by atoms with Crippen molar-refractivity contribution in [2.24, 2.45) is 0 Å². The number of nitrogens with zero attached hydrogens (tertiary/aromatic N) is 1. The van der Waals surface area contributed by atoms with Crippen LogP contribution in [0.5, 0.6) is 0 Å². The first kappa shape index (κ1) is 15.7. The van der Waals surface area contributed by atoms with Crippen LogP contribution in [-0.2, 0) is 0 Å². The van der Waals surface area contributed by atoms with Gasteiger partial charge in [-0.15, -0.1) is 0 Å². The fourth-order valence-corrected chi connectivity index (χ4v) is 2.33. The smallest absolute Gasteiger partial charge is 0.251 e. The highest BCUT2D eigenvalue weighted by Gasteiger charge is 2.12. The molecule has 0 aromatic heterocycles. The highest BCUT2D eigenvalue weighted by Crippen LogP contribution is 2.09. The number of benzene rings is 1. The van der Waals surface area contributed by atoms with Gasteiger partial charge in [0.15, 0.2) is 0 Å². The van der Waals surface area contributed by atoms with Gasteiger partial charge in [-0.1, -0.05) is 31.0 Å². The zero-order valence-corrected chi connectivity index (χ0v) is 12.8. The quantitative estimate of drug-likeness (QED) is 0.855. The van der Waals surface area contributed by atoms with Crippen LogP contribution in [0.2, 0.25) is 0 Å². The van der Waals surface area contributed by atoms with Gasteiger partial charge >= 0.3 is 0 Å². The molecule has 0 saturated heterocycles. The molecule has 1 rings (SSSR count). The Balaban J connectivity index is 2.63. The molecular weight excluding hydrogens is 236 g/mol. The van der Waals surface area contributed by atoms with Crippen molar-refractivity contribution in [2.75, 3.05) is 19.6 Å². The van der Waals surface area contributed by atoms with E-state index in [9.17, 15) is 4.79 Å². The number of carbonyl (C=O) groups excluding carboxylic acids is 1. The van der Waals surface area contributed by atoms with Crippen molar-refractivity contribution in [3.63, 3.8) is 0 Å². The Labute approximate surface area is 117 Å². The SMILES string of the molecule is CCN(CC)CC(C)NC(=O)c1cc(C)cc(C)c1. The van der Waals surface area contributed by atoms with Crippen molar-refractivity contribution in [2.45, 2.75) is 40.7 Å². The van der Waals surface area contributed by atoms with E-state index in [-0.39, 0.29) is 11.9 Å². The third-order valence-corrected chi connectivity index (χ3v) is 3.29. The molecular formula is C16H26N2O. The molecule has 19 heavy (non-hydrogen) atoms. The second kappa shape index (κ2) is 7.29. The molecule has 0 saturated carbocycles. The van der Waals surface area contributed by atoms with Crippen LogP contribution >= 0.6 is 0 Å². The van der Waals surface area contributed by atoms with Crippen molar-refractivity contribution >= 4 is 5.91 Å². The van der Waals surface area contributed by atoms with Gasteiger partial charge in [0.2, 0.25) is 0 Å². The summed E-state index contributed by atoms with van der Waals surface area (Å²) in [4.78, 5) is 14.5. The Bertz CT molecular complexity index is 405. The lowest BCUT2D eigenvalue weighted by molar-refractivity contribution is 0.0930. The molecule has 1 N–H and O–H groups in total. The van der Waals surface area contributed by atoms with Crippen molar-refractivity contribution in [1.29, 1.82) is 0 Å². The van der Waals surface area contributed by atoms with E-state index in [2.05, 4.69) is 37.1 Å². The lowest BCUT2D eigenvalue weighted by Gasteiger charge is -2.23. The van der Waals surface area contributed by atoms with Gasteiger partial charge in [-0.3, -0.25) is 4.79 Å². The van der Waals surface area contributed by atoms with E-state index >= 15 is 0 Å². The van der Waals surface area contributed by atoms with Crippen LogP contribution in [0, 0.1) is 13.8 Å². The van der Waals surface area contributed by atoms with E-state index in [4.69, 9.17) is 0 Å². The van der Waals surface area contributed by atoms with Crippen LogP contribution < -0.4 is 5.32 Å². The van der Waals surface area contributed by atoms with Gasteiger partial charge in [-0.2, -0.15) is 0 Å². The number of amides is 1. The molecule has 0 radical (unpaired) electrons. The van der Waals surface area contributed by atoms with Gasteiger partial charge < -0.3 is 10.2 Å². The topological polar surface area (TPSA) is 32.3 Å². The lowest BCUT2D eigenvalue weighted by atomic mass is 10.1. The number of likely N-dealkylation sites (N-methyl/N-ethyl adjacent to an activating group) is 1. The average molecular weight is 262 g/mol. The molecule has 1 unspecified atom stereocenters. The standard InChI is InChI=1S/C16H26N2O/c1-6-18(7-2)11-14(5)17-16(19)15-9-12(3)8-13(4)10-15/h8-10,14H,6-7,11H2,1-5H3,(H,17,19). The van der Waals surface area contributed by atoms with Gasteiger partial charge in [-0.25, -0.2) is 0 Å². The molecule has 0 aliphatic rings. The summed E-state index contributed by atoms with van der Waals surface area (Å²) in [5.41, 5.74) is 3.01. The maximum Gasteiger partial charge on any atom is 0.251 e. The predicted octanol–water partition coefficient (Wildman–Crippen LogP) is 2.76. The maximum atomic E-state index is 12.2. The van der Waals surface area contributed by atoms with E-state index in [1.807, 2.05) is 26.0 Å². The van der Waals surface area contributed by atoms with Crippen LogP contribution in [0.1, 0.15) is 42.3 Å². The Morgan fingerprint density at radius 2 is 1.68 bits per heavy atom. The zero-order valence-electron chi connectivity index (χ0n) is 12.8. The minimum Gasteiger partial charge on any atom is -0.348 e. The summed E-state index contributed by atoms with van der Waals surface area (Å²) in [6.07, 6.45) is 0. The fourth-order valence-electron chi connectivity index (χ4n) is 2.33. The first-order chi connectivity index (χ1) is 8.96. The van der Waals surface area contributed by atoms with E-state index in [1.165, 1.54) is 0 Å². The normalized spacial score (nSPS) is 12.5. The summed E-state index contributed by atoms with van der Waals surface area (Å²) in [6.45, 7) is 13.3. The highest BCUT2D eigenvalue weighted by atomic mass is 16.1. The second-order valence-corrected chi connectivity index (χ2v) is 5.24. The van der Waals surface area contributed by atoms with E-state index < -0.39 is 0 Å². The van der Waals surface area contributed by atoms with E-state index in [0.717, 1.165) is 36.3 Å². The molecule has 1 aromatic carbocycles. The third-order valence-electron chi connectivity index (χ3n) is 3.29. The molecule has 3 heteroatoms. The van der Waals surface area contributed by atoms with Gasteiger partial charge in [0.25, 0.3) is 5.91 Å². The van der Waals surface area contributed by atoms with Crippen LogP contribution in [0.4, 0.5) is 0 Å². The first-order valence-corrected chi connectivity index (χ1v) is 7.07. The average Bonchev–Trinajstić information content (AvgIpc) is 2.34. The van der Waals surface area contributed by atoms with Crippen LogP contribution in [-0.4, -0.2) is 36.5 Å². The Kier molecular flexibility index (Phi) is 6.03. The molecule has 0 spiro atoms. The van der Waals surface area contributed by atoms with Crippen molar-refractivity contribution in [3.8, 4) is 0 Å². The predicted molar refractivity (Wildman–Crippen MR) is 80.6 cm³/mol. The molecule has 0 aliphatic carbocycles. The Morgan fingerprint density at radius 1 is 1.16 bits per heavy atom.